The van der Waals surface area contributed by atoms with E-state index in [4.69, 9.17) is 0 Å². The SMILES string of the molecule is Cn1cc(N2CCC[C@H](Nc3ccc(Br)cn3)C2)cn1. The third kappa shape index (κ3) is 3.12. The maximum atomic E-state index is 4.38. The lowest BCUT2D eigenvalue weighted by atomic mass is 10.1. The molecule has 2 aromatic rings. The van der Waals surface area contributed by atoms with Crippen LogP contribution in [0.3, 0.4) is 0 Å². The van der Waals surface area contributed by atoms with Crippen molar-refractivity contribution in [1.29, 1.82) is 0 Å². The normalized spacial score (nSPS) is 19.1. The first-order valence-electron chi connectivity index (χ1n) is 6.82. The highest BCUT2D eigenvalue weighted by atomic mass is 79.9. The fourth-order valence-corrected chi connectivity index (χ4v) is 2.81. The zero-order chi connectivity index (χ0) is 13.9. The van der Waals surface area contributed by atoms with Crippen molar-refractivity contribution in [3.63, 3.8) is 0 Å². The molecule has 1 fully saturated rings. The third-order valence-corrected chi connectivity index (χ3v) is 4.03. The van der Waals surface area contributed by atoms with Crippen LogP contribution >= 0.6 is 15.9 Å². The summed E-state index contributed by atoms with van der Waals surface area (Å²) < 4.78 is 2.85. The molecule has 0 bridgehead atoms. The van der Waals surface area contributed by atoms with Gasteiger partial charge in [0.05, 0.1) is 11.9 Å². The Bertz CT molecular complexity index is 565. The van der Waals surface area contributed by atoms with Crippen LogP contribution in [0.4, 0.5) is 11.5 Å². The van der Waals surface area contributed by atoms with Crippen LogP contribution in [0, 0.1) is 0 Å². The van der Waals surface area contributed by atoms with Gasteiger partial charge in [-0.1, -0.05) is 0 Å². The smallest absolute Gasteiger partial charge is 0.126 e. The lowest BCUT2D eigenvalue weighted by Gasteiger charge is -2.34. The fourth-order valence-electron chi connectivity index (χ4n) is 2.57. The molecule has 20 heavy (non-hydrogen) atoms. The van der Waals surface area contributed by atoms with Crippen molar-refractivity contribution in [3.05, 3.63) is 35.2 Å². The average molecular weight is 336 g/mol. The first-order valence-corrected chi connectivity index (χ1v) is 7.62. The number of piperidine rings is 1. The average Bonchev–Trinajstić information content (AvgIpc) is 2.89. The minimum Gasteiger partial charge on any atom is -0.367 e. The number of pyridine rings is 1. The molecule has 106 valence electrons. The van der Waals surface area contributed by atoms with Crippen molar-refractivity contribution in [2.24, 2.45) is 7.05 Å². The molecule has 0 aromatic carbocycles. The number of nitrogens with one attached hydrogen (secondary N) is 1. The Morgan fingerprint density at radius 3 is 2.95 bits per heavy atom. The summed E-state index contributed by atoms with van der Waals surface area (Å²) in [5.74, 6) is 0.936. The molecule has 0 unspecified atom stereocenters. The Morgan fingerprint density at radius 2 is 2.25 bits per heavy atom. The van der Waals surface area contributed by atoms with Gasteiger partial charge in [-0.05, 0) is 40.9 Å². The van der Waals surface area contributed by atoms with Crippen LogP contribution in [0.15, 0.2) is 35.2 Å². The van der Waals surface area contributed by atoms with Crippen molar-refractivity contribution in [2.45, 2.75) is 18.9 Å². The molecule has 5 nitrogen and oxygen atoms in total. The highest BCUT2D eigenvalue weighted by molar-refractivity contribution is 9.10. The molecule has 0 aliphatic carbocycles. The zero-order valence-corrected chi connectivity index (χ0v) is 13.0. The van der Waals surface area contributed by atoms with E-state index in [1.165, 1.54) is 18.5 Å². The van der Waals surface area contributed by atoms with Gasteiger partial charge in [-0.2, -0.15) is 5.10 Å². The van der Waals surface area contributed by atoms with Gasteiger partial charge in [0.2, 0.25) is 0 Å². The molecular formula is C14H18BrN5. The van der Waals surface area contributed by atoms with Crippen LogP contribution < -0.4 is 10.2 Å². The molecule has 1 N–H and O–H groups in total. The van der Waals surface area contributed by atoms with Gasteiger partial charge in [-0.3, -0.25) is 4.68 Å². The van der Waals surface area contributed by atoms with Gasteiger partial charge in [0.25, 0.3) is 0 Å². The van der Waals surface area contributed by atoms with Gasteiger partial charge in [0.1, 0.15) is 5.82 Å². The Balaban J connectivity index is 1.64. The van der Waals surface area contributed by atoms with E-state index in [2.05, 4.69) is 42.4 Å². The third-order valence-electron chi connectivity index (χ3n) is 3.56. The summed E-state index contributed by atoms with van der Waals surface area (Å²) in [5, 5.41) is 7.76. The topological polar surface area (TPSA) is 46.0 Å². The minimum absolute atomic E-state index is 0.428. The standard InChI is InChI=1S/C14H18BrN5/c1-19-10-13(8-17-19)20-6-2-3-12(9-20)18-14-5-4-11(15)7-16-14/h4-5,7-8,10,12H,2-3,6,9H2,1H3,(H,16,18)/t12-/m0/s1. The van der Waals surface area contributed by atoms with E-state index >= 15 is 0 Å². The lowest BCUT2D eigenvalue weighted by Crippen LogP contribution is -2.42. The molecule has 0 saturated carbocycles. The number of aryl methyl sites for hydroxylation is 1. The number of halogens is 1. The van der Waals surface area contributed by atoms with E-state index in [-0.39, 0.29) is 0 Å². The van der Waals surface area contributed by atoms with Gasteiger partial charge < -0.3 is 10.2 Å². The predicted molar refractivity (Wildman–Crippen MR) is 84.0 cm³/mol. The summed E-state index contributed by atoms with van der Waals surface area (Å²) in [6.07, 6.45) is 8.18. The molecule has 3 rings (SSSR count). The Kier molecular flexibility index (Phi) is 3.91. The largest absolute Gasteiger partial charge is 0.367 e. The second-order valence-electron chi connectivity index (χ2n) is 5.16. The van der Waals surface area contributed by atoms with Gasteiger partial charge in [0.15, 0.2) is 0 Å². The molecule has 1 aliphatic heterocycles. The molecule has 1 atom stereocenters. The van der Waals surface area contributed by atoms with Crippen LogP contribution in [-0.2, 0) is 7.05 Å². The second kappa shape index (κ2) is 5.83. The van der Waals surface area contributed by atoms with E-state index in [0.717, 1.165) is 23.4 Å². The molecule has 0 spiro atoms. The van der Waals surface area contributed by atoms with Crippen molar-refractivity contribution in [3.8, 4) is 0 Å². The Hall–Kier alpha value is -1.56. The summed E-state index contributed by atoms with van der Waals surface area (Å²) in [6, 6.07) is 4.45. The number of hydrogen-bond donors (Lipinski definition) is 1. The Labute approximate surface area is 127 Å². The minimum atomic E-state index is 0.428. The van der Waals surface area contributed by atoms with E-state index in [9.17, 15) is 0 Å². The molecule has 1 aliphatic rings. The molecular weight excluding hydrogens is 318 g/mol. The highest BCUT2D eigenvalue weighted by Crippen LogP contribution is 2.21. The Morgan fingerprint density at radius 1 is 1.35 bits per heavy atom. The number of aromatic nitrogens is 3. The van der Waals surface area contributed by atoms with Gasteiger partial charge in [0, 0.05) is 43.0 Å². The summed E-state index contributed by atoms with van der Waals surface area (Å²) in [5.41, 5.74) is 1.20. The van der Waals surface area contributed by atoms with Crippen molar-refractivity contribution in [1.82, 2.24) is 14.8 Å². The molecule has 0 radical (unpaired) electrons. The van der Waals surface area contributed by atoms with Crippen molar-refractivity contribution >= 4 is 27.4 Å². The van der Waals surface area contributed by atoms with Crippen LogP contribution in [0.25, 0.3) is 0 Å². The molecule has 6 heteroatoms. The maximum absolute atomic E-state index is 4.38. The van der Waals surface area contributed by atoms with Crippen LogP contribution in [-0.4, -0.2) is 33.9 Å². The van der Waals surface area contributed by atoms with E-state index in [0.29, 0.717) is 6.04 Å². The fraction of sp³-hybridized carbons (Fsp3) is 0.429. The summed E-state index contributed by atoms with van der Waals surface area (Å²) >= 11 is 3.41. The van der Waals surface area contributed by atoms with E-state index < -0.39 is 0 Å². The number of hydrogen-bond acceptors (Lipinski definition) is 4. The van der Waals surface area contributed by atoms with E-state index in [1.54, 1.807) is 0 Å². The van der Waals surface area contributed by atoms with Crippen molar-refractivity contribution in [2.75, 3.05) is 23.3 Å². The zero-order valence-electron chi connectivity index (χ0n) is 11.5. The molecule has 0 amide bonds. The first kappa shape index (κ1) is 13.4. The van der Waals surface area contributed by atoms with Crippen LogP contribution in [0.1, 0.15) is 12.8 Å². The number of rotatable bonds is 3. The summed E-state index contributed by atoms with van der Waals surface area (Å²) in [7, 11) is 1.95. The van der Waals surface area contributed by atoms with Gasteiger partial charge in [-0.25, -0.2) is 4.98 Å². The molecule has 2 aromatic heterocycles. The van der Waals surface area contributed by atoms with Crippen LogP contribution in [0.2, 0.25) is 0 Å². The van der Waals surface area contributed by atoms with Gasteiger partial charge in [-0.15, -0.1) is 0 Å². The van der Waals surface area contributed by atoms with Crippen molar-refractivity contribution < 1.29 is 0 Å². The van der Waals surface area contributed by atoms with E-state index in [1.807, 2.05) is 36.3 Å². The highest BCUT2D eigenvalue weighted by Gasteiger charge is 2.21. The second-order valence-corrected chi connectivity index (χ2v) is 6.08. The lowest BCUT2D eigenvalue weighted by molar-refractivity contribution is 0.529. The first-order chi connectivity index (χ1) is 9.70. The summed E-state index contributed by atoms with van der Waals surface area (Å²) in [6.45, 7) is 2.08. The monoisotopic (exact) mass is 335 g/mol. The molecule has 3 heterocycles. The summed E-state index contributed by atoms with van der Waals surface area (Å²) in [4.78, 5) is 6.76. The molecule has 1 saturated heterocycles. The van der Waals surface area contributed by atoms with Crippen LogP contribution in [0.5, 0.6) is 0 Å². The maximum Gasteiger partial charge on any atom is 0.126 e. The quantitative estimate of drug-likeness (QED) is 0.936. The number of nitrogens with zero attached hydrogens (tertiary/aromatic N) is 4. The number of anilines is 2. The van der Waals surface area contributed by atoms with Gasteiger partial charge >= 0.3 is 0 Å². The predicted octanol–water partition coefficient (Wildman–Crippen LogP) is 2.66.